The van der Waals surface area contributed by atoms with Gasteiger partial charge in [0.1, 0.15) is 18.2 Å². The van der Waals surface area contributed by atoms with Crippen molar-refractivity contribution in [2.45, 2.75) is 19.5 Å². The van der Waals surface area contributed by atoms with Gasteiger partial charge in [-0.1, -0.05) is 6.92 Å². The highest BCUT2D eigenvalue weighted by molar-refractivity contribution is 5.50. The maximum Gasteiger partial charge on any atom is 0.411 e. The first kappa shape index (κ1) is 16.3. The minimum absolute atomic E-state index is 0.0822. The molecule has 4 N–H and O–H groups in total. The molecule has 114 valence electrons. The number of ether oxygens (including phenoxy) is 1. The fourth-order valence-electron chi connectivity index (χ4n) is 1.34. The first-order chi connectivity index (χ1) is 9.40. The molecule has 1 heterocycles. The van der Waals surface area contributed by atoms with Crippen molar-refractivity contribution in [3.05, 3.63) is 6.07 Å². The molecule has 0 radical (unpaired) electrons. The van der Waals surface area contributed by atoms with E-state index >= 15 is 0 Å². The normalized spacial score (nSPS) is 11.4. The molecule has 0 aromatic carbocycles. The van der Waals surface area contributed by atoms with Gasteiger partial charge in [0, 0.05) is 19.2 Å². The largest absolute Gasteiger partial charge is 0.411 e. The third-order valence-corrected chi connectivity index (χ3v) is 2.12. The molecule has 0 aliphatic carbocycles. The summed E-state index contributed by atoms with van der Waals surface area (Å²) in [6.45, 7) is 1.60. The highest BCUT2D eigenvalue weighted by atomic mass is 19.4. The number of nitrogens with two attached hydrogens (primary N) is 1. The van der Waals surface area contributed by atoms with Crippen LogP contribution in [0.3, 0.4) is 0 Å². The van der Waals surface area contributed by atoms with Crippen LogP contribution < -0.4 is 16.4 Å². The molecule has 9 heteroatoms. The van der Waals surface area contributed by atoms with Crippen LogP contribution in [0.15, 0.2) is 6.07 Å². The van der Waals surface area contributed by atoms with Gasteiger partial charge in [-0.25, -0.2) is 0 Å². The Bertz CT molecular complexity index is 414. The second-order valence-corrected chi connectivity index (χ2v) is 4.02. The molecular formula is C11H18F3N5O. The van der Waals surface area contributed by atoms with Crippen LogP contribution >= 0.6 is 0 Å². The summed E-state index contributed by atoms with van der Waals surface area (Å²) in [5.41, 5.74) is 5.54. The Morgan fingerprint density at radius 3 is 2.35 bits per heavy atom. The molecule has 0 aliphatic rings. The van der Waals surface area contributed by atoms with Crippen molar-refractivity contribution in [3.63, 3.8) is 0 Å². The number of aromatic nitrogens is 2. The van der Waals surface area contributed by atoms with Crippen molar-refractivity contribution in [2.75, 3.05) is 42.7 Å². The fourth-order valence-corrected chi connectivity index (χ4v) is 1.34. The van der Waals surface area contributed by atoms with Crippen molar-refractivity contribution in [2.24, 2.45) is 0 Å². The molecule has 0 fully saturated rings. The van der Waals surface area contributed by atoms with Gasteiger partial charge in [-0.3, -0.25) is 0 Å². The quantitative estimate of drug-likeness (QED) is 0.634. The number of halogens is 3. The maximum absolute atomic E-state index is 11.8. The SMILES string of the molecule is CCCNc1cc(NCCOCC(F)(F)F)nc(N)n1. The lowest BCUT2D eigenvalue weighted by molar-refractivity contribution is -0.172. The van der Waals surface area contributed by atoms with E-state index in [1.165, 1.54) is 0 Å². The van der Waals surface area contributed by atoms with Gasteiger partial charge >= 0.3 is 6.18 Å². The van der Waals surface area contributed by atoms with Crippen LogP contribution in [0, 0.1) is 0 Å². The number of nitrogen functional groups attached to an aromatic ring is 1. The van der Waals surface area contributed by atoms with E-state index in [0.717, 1.165) is 13.0 Å². The van der Waals surface area contributed by atoms with Crippen LogP contribution in [0.4, 0.5) is 30.8 Å². The lowest BCUT2D eigenvalue weighted by atomic mass is 10.4. The summed E-state index contributed by atoms with van der Waals surface area (Å²) < 4.78 is 40.0. The van der Waals surface area contributed by atoms with Crippen LogP contribution in [0.25, 0.3) is 0 Å². The van der Waals surface area contributed by atoms with Gasteiger partial charge in [-0.2, -0.15) is 23.1 Å². The summed E-state index contributed by atoms with van der Waals surface area (Å²) >= 11 is 0. The van der Waals surface area contributed by atoms with E-state index < -0.39 is 12.8 Å². The average Bonchev–Trinajstić information content (AvgIpc) is 2.34. The summed E-state index contributed by atoms with van der Waals surface area (Å²) in [6.07, 6.45) is -3.38. The molecule has 6 nitrogen and oxygen atoms in total. The monoisotopic (exact) mass is 293 g/mol. The van der Waals surface area contributed by atoms with Gasteiger partial charge in [-0.05, 0) is 6.42 Å². The molecule has 0 unspecified atom stereocenters. The highest BCUT2D eigenvalue weighted by Gasteiger charge is 2.27. The standard InChI is InChI=1S/C11H18F3N5O/c1-2-3-16-8-6-9(19-10(15)18-8)17-4-5-20-7-11(12,13)14/h6H,2-5,7H2,1H3,(H4,15,16,17,18,19). The second kappa shape index (κ2) is 7.73. The summed E-state index contributed by atoms with van der Waals surface area (Å²) in [5, 5.41) is 5.87. The lowest BCUT2D eigenvalue weighted by Crippen LogP contribution is -2.20. The summed E-state index contributed by atoms with van der Waals surface area (Å²) in [6, 6.07) is 1.63. The van der Waals surface area contributed by atoms with Gasteiger partial charge < -0.3 is 21.1 Å². The second-order valence-electron chi connectivity index (χ2n) is 4.02. The molecular weight excluding hydrogens is 275 g/mol. The van der Waals surface area contributed by atoms with Crippen molar-refractivity contribution < 1.29 is 17.9 Å². The Balaban J connectivity index is 2.37. The molecule has 1 aromatic rings. The summed E-state index contributed by atoms with van der Waals surface area (Å²) in [4.78, 5) is 7.91. The highest BCUT2D eigenvalue weighted by Crippen LogP contribution is 2.14. The average molecular weight is 293 g/mol. The number of hydrogen-bond acceptors (Lipinski definition) is 6. The summed E-state index contributed by atoms with van der Waals surface area (Å²) in [7, 11) is 0. The van der Waals surface area contributed by atoms with E-state index in [1.54, 1.807) is 6.07 Å². The van der Waals surface area contributed by atoms with Crippen molar-refractivity contribution in [3.8, 4) is 0 Å². The molecule has 0 bridgehead atoms. The molecule has 0 spiro atoms. The molecule has 0 amide bonds. The molecule has 0 saturated heterocycles. The Labute approximate surface area is 114 Å². The van der Waals surface area contributed by atoms with Crippen molar-refractivity contribution >= 4 is 17.6 Å². The van der Waals surface area contributed by atoms with Crippen molar-refractivity contribution in [1.29, 1.82) is 0 Å². The summed E-state index contributed by atoms with van der Waals surface area (Å²) in [5.74, 6) is 1.09. The number of rotatable bonds is 8. The van der Waals surface area contributed by atoms with E-state index in [0.29, 0.717) is 11.6 Å². The first-order valence-corrected chi connectivity index (χ1v) is 6.17. The Kier molecular flexibility index (Phi) is 6.29. The van der Waals surface area contributed by atoms with E-state index in [9.17, 15) is 13.2 Å². The van der Waals surface area contributed by atoms with Gasteiger partial charge in [0.2, 0.25) is 5.95 Å². The van der Waals surface area contributed by atoms with E-state index in [1.807, 2.05) is 6.92 Å². The maximum atomic E-state index is 11.8. The predicted octanol–water partition coefficient (Wildman–Crippen LogP) is 1.87. The van der Waals surface area contributed by atoms with Gasteiger partial charge in [0.15, 0.2) is 0 Å². The molecule has 20 heavy (non-hydrogen) atoms. The molecule has 1 rings (SSSR count). The zero-order valence-electron chi connectivity index (χ0n) is 11.1. The molecule has 0 aliphatic heterocycles. The van der Waals surface area contributed by atoms with Gasteiger partial charge in [0.05, 0.1) is 6.61 Å². The van der Waals surface area contributed by atoms with E-state index in [-0.39, 0.29) is 19.1 Å². The smallest absolute Gasteiger partial charge is 0.370 e. The topological polar surface area (TPSA) is 85.1 Å². The van der Waals surface area contributed by atoms with Crippen LogP contribution in [0.2, 0.25) is 0 Å². The Hall–Kier alpha value is -1.77. The third-order valence-electron chi connectivity index (χ3n) is 2.12. The first-order valence-electron chi connectivity index (χ1n) is 6.17. The van der Waals surface area contributed by atoms with Gasteiger partial charge in [0.25, 0.3) is 0 Å². The predicted molar refractivity (Wildman–Crippen MR) is 70.6 cm³/mol. The van der Waals surface area contributed by atoms with Crippen LogP contribution in [0.5, 0.6) is 0 Å². The van der Waals surface area contributed by atoms with Crippen LogP contribution in [-0.4, -0.2) is 42.4 Å². The van der Waals surface area contributed by atoms with Crippen LogP contribution in [-0.2, 0) is 4.74 Å². The van der Waals surface area contributed by atoms with E-state index in [4.69, 9.17) is 5.73 Å². The number of alkyl halides is 3. The van der Waals surface area contributed by atoms with Crippen LogP contribution in [0.1, 0.15) is 13.3 Å². The Morgan fingerprint density at radius 1 is 1.20 bits per heavy atom. The number of anilines is 3. The molecule has 0 atom stereocenters. The lowest BCUT2D eigenvalue weighted by Gasteiger charge is -2.10. The number of nitrogens with one attached hydrogen (secondary N) is 2. The zero-order chi connectivity index (χ0) is 15.0. The minimum atomic E-state index is -4.31. The molecule has 1 aromatic heterocycles. The third kappa shape index (κ3) is 6.98. The van der Waals surface area contributed by atoms with Crippen molar-refractivity contribution in [1.82, 2.24) is 9.97 Å². The number of hydrogen-bond donors (Lipinski definition) is 3. The Morgan fingerprint density at radius 2 is 1.80 bits per heavy atom. The minimum Gasteiger partial charge on any atom is -0.370 e. The fraction of sp³-hybridized carbons (Fsp3) is 0.636. The van der Waals surface area contributed by atoms with E-state index in [2.05, 4.69) is 25.3 Å². The number of nitrogens with zero attached hydrogens (tertiary/aromatic N) is 2. The van der Waals surface area contributed by atoms with Gasteiger partial charge in [-0.15, -0.1) is 0 Å². The zero-order valence-corrected chi connectivity index (χ0v) is 11.1. The molecule has 0 saturated carbocycles.